The van der Waals surface area contributed by atoms with Crippen LogP contribution in [0.15, 0.2) is 28.8 Å². The standard InChI is InChI=1S/C13H11N3O2/c1-9-2-3-11(18-9)10-4-5-15-12(16-10)13(6-14)7-17-8-13/h2-5H,7-8H2,1H3. The number of rotatable bonds is 2. The minimum Gasteiger partial charge on any atom is -0.460 e. The van der Waals surface area contributed by atoms with Gasteiger partial charge in [0.1, 0.15) is 11.5 Å². The Morgan fingerprint density at radius 2 is 2.17 bits per heavy atom. The predicted octanol–water partition coefficient (Wildman–Crippen LogP) is 1.84. The van der Waals surface area contributed by atoms with Crippen molar-refractivity contribution in [1.82, 2.24) is 9.97 Å². The second-order valence-electron chi connectivity index (χ2n) is 4.36. The van der Waals surface area contributed by atoms with Gasteiger partial charge in [0.25, 0.3) is 0 Å². The van der Waals surface area contributed by atoms with Gasteiger partial charge in [-0.25, -0.2) is 9.97 Å². The van der Waals surface area contributed by atoms with Crippen LogP contribution in [0.2, 0.25) is 0 Å². The fourth-order valence-electron chi connectivity index (χ4n) is 1.85. The van der Waals surface area contributed by atoms with Gasteiger partial charge in [0.15, 0.2) is 17.0 Å². The van der Waals surface area contributed by atoms with Crippen LogP contribution in [-0.2, 0) is 10.2 Å². The Kier molecular flexibility index (Phi) is 2.39. The van der Waals surface area contributed by atoms with Crippen molar-refractivity contribution in [2.75, 3.05) is 13.2 Å². The molecular formula is C13H11N3O2. The lowest BCUT2D eigenvalue weighted by molar-refractivity contribution is -0.0338. The first kappa shape index (κ1) is 10.9. The van der Waals surface area contributed by atoms with Gasteiger partial charge >= 0.3 is 0 Å². The van der Waals surface area contributed by atoms with Crippen molar-refractivity contribution in [1.29, 1.82) is 5.26 Å². The van der Waals surface area contributed by atoms with Crippen molar-refractivity contribution in [3.63, 3.8) is 0 Å². The lowest BCUT2D eigenvalue weighted by atomic mass is 9.87. The molecule has 5 nitrogen and oxygen atoms in total. The van der Waals surface area contributed by atoms with Gasteiger partial charge in [-0.15, -0.1) is 0 Å². The quantitative estimate of drug-likeness (QED) is 0.802. The molecule has 1 aliphatic rings. The van der Waals surface area contributed by atoms with E-state index in [4.69, 9.17) is 9.15 Å². The second kappa shape index (κ2) is 3.93. The lowest BCUT2D eigenvalue weighted by Crippen LogP contribution is -2.46. The van der Waals surface area contributed by atoms with E-state index in [1.54, 1.807) is 12.3 Å². The minimum absolute atomic E-state index is 0.351. The second-order valence-corrected chi connectivity index (χ2v) is 4.36. The van der Waals surface area contributed by atoms with Crippen LogP contribution in [0, 0.1) is 18.3 Å². The smallest absolute Gasteiger partial charge is 0.163 e. The first-order chi connectivity index (χ1) is 8.73. The molecule has 0 saturated carbocycles. The first-order valence-electron chi connectivity index (χ1n) is 5.63. The molecule has 0 aliphatic carbocycles. The molecule has 90 valence electrons. The van der Waals surface area contributed by atoms with E-state index in [1.165, 1.54) is 0 Å². The Morgan fingerprint density at radius 1 is 1.33 bits per heavy atom. The van der Waals surface area contributed by atoms with E-state index < -0.39 is 5.41 Å². The number of hydrogen-bond donors (Lipinski definition) is 0. The maximum atomic E-state index is 9.22. The molecule has 3 rings (SSSR count). The predicted molar refractivity (Wildman–Crippen MR) is 62.6 cm³/mol. The molecule has 1 aliphatic heterocycles. The first-order valence-corrected chi connectivity index (χ1v) is 5.63. The fraction of sp³-hybridized carbons (Fsp3) is 0.308. The van der Waals surface area contributed by atoms with Crippen LogP contribution in [0.25, 0.3) is 11.5 Å². The van der Waals surface area contributed by atoms with Crippen molar-refractivity contribution in [3.8, 4) is 17.5 Å². The maximum absolute atomic E-state index is 9.22. The van der Waals surface area contributed by atoms with Gasteiger partial charge in [-0.3, -0.25) is 0 Å². The molecule has 1 fully saturated rings. The summed E-state index contributed by atoms with van der Waals surface area (Å²) in [5.74, 6) is 2.01. The van der Waals surface area contributed by atoms with Crippen LogP contribution in [0.1, 0.15) is 11.6 Å². The van der Waals surface area contributed by atoms with Crippen molar-refractivity contribution in [2.24, 2.45) is 0 Å². The number of aryl methyl sites for hydroxylation is 1. The summed E-state index contributed by atoms with van der Waals surface area (Å²) in [6, 6.07) is 7.74. The van der Waals surface area contributed by atoms with Crippen LogP contribution in [-0.4, -0.2) is 23.2 Å². The third-order valence-electron chi connectivity index (χ3n) is 2.99. The highest BCUT2D eigenvalue weighted by Crippen LogP contribution is 2.30. The lowest BCUT2D eigenvalue weighted by Gasteiger charge is -2.33. The molecular weight excluding hydrogens is 230 g/mol. The van der Waals surface area contributed by atoms with E-state index in [0.717, 1.165) is 5.76 Å². The molecule has 18 heavy (non-hydrogen) atoms. The van der Waals surface area contributed by atoms with Crippen LogP contribution < -0.4 is 0 Å². The molecule has 0 atom stereocenters. The number of ether oxygens (including phenoxy) is 1. The highest BCUT2D eigenvalue weighted by Gasteiger charge is 2.44. The average molecular weight is 241 g/mol. The fourth-order valence-corrected chi connectivity index (χ4v) is 1.85. The van der Waals surface area contributed by atoms with Gasteiger partial charge in [0.2, 0.25) is 0 Å². The number of nitrogens with zero attached hydrogens (tertiary/aromatic N) is 3. The minimum atomic E-state index is -0.697. The average Bonchev–Trinajstić information content (AvgIpc) is 2.76. The number of aromatic nitrogens is 2. The van der Waals surface area contributed by atoms with Crippen molar-refractivity contribution < 1.29 is 9.15 Å². The van der Waals surface area contributed by atoms with E-state index in [0.29, 0.717) is 30.5 Å². The molecule has 2 aromatic heterocycles. The summed E-state index contributed by atoms with van der Waals surface area (Å²) in [6.45, 7) is 2.58. The number of furan rings is 1. The van der Waals surface area contributed by atoms with E-state index in [1.807, 2.05) is 19.1 Å². The maximum Gasteiger partial charge on any atom is 0.163 e. The normalized spacial score (nSPS) is 16.9. The van der Waals surface area contributed by atoms with E-state index in [-0.39, 0.29) is 0 Å². The van der Waals surface area contributed by atoms with Gasteiger partial charge in [-0.1, -0.05) is 0 Å². The molecule has 1 saturated heterocycles. The Labute approximate surface area is 104 Å². The molecule has 0 N–H and O–H groups in total. The molecule has 5 heteroatoms. The third kappa shape index (κ3) is 1.59. The molecule has 0 spiro atoms. The summed E-state index contributed by atoms with van der Waals surface area (Å²) in [5.41, 5.74) is -0.00731. The number of hydrogen-bond acceptors (Lipinski definition) is 5. The van der Waals surface area contributed by atoms with Crippen LogP contribution in [0.3, 0.4) is 0 Å². The third-order valence-corrected chi connectivity index (χ3v) is 2.99. The zero-order chi connectivity index (χ0) is 12.6. The molecule has 0 unspecified atom stereocenters. The van der Waals surface area contributed by atoms with Crippen molar-refractivity contribution in [3.05, 3.63) is 36.0 Å². The molecule has 0 radical (unpaired) electrons. The Hall–Kier alpha value is -2.19. The zero-order valence-electron chi connectivity index (χ0n) is 9.88. The van der Waals surface area contributed by atoms with Crippen LogP contribution in [0.5, 0.6) is 0 Å². The summed E-state index contributed by atoms with van der Waals surface area (Å²) in [7, 11) is 0. The topological polar surface area (TPSA) is 71.9 Å². The molecule has 0 amide bonds. The van der Waals surface area contributed by atoms with Gasteiger partial charge in [0, 0.05) is 6.20 Å². The largest absolute Gasteiger partial charge is 0.460 e. The van der Waals surface area contributed by atoms with Gasteiger partial charge in [-0.05, 0) is 25.1 Å². The SMILES string of the molecule is Cc1ccc(-c2ccnc(C3(C#N)COC3)n2)o1. The van der Waals surface area contributed by atoms with E-state index in [9.17, 15) is 5.26 Å². The van der Waals surface area contributed by atoms with Crippen molar-refractivity contribution >= 4 is 0 Å². The summed E-state index contributed by atoms with van der Waals surface area (Å²) >= 11 is 0. The van der Waals surface area contributed by atoms with Crippen molar-refractivity contribution in [2.45, 2.75) is 12.3 Å². The highest BCUT2D eigenvalue weighted by atomic mass is 16.5. The van der Waals surface area contributed by atoms with Gasteiger partial charge in [-0.2, -0.15) is 5.26 Å². The summed E-state index contributed by atoms with van der Waals surface area (Å²) in [5, 5.41) is 9.22. The monoisotopic (exact) mass is 241 g/mol. The Bertz CT molecular complexity index is 623. The summed E-state index contributed by atoms with van der Waals surface area (Å²) < 4.78 is 10.6. The Balaban J connectivity index is 2.02. The van der Waals surface area contributed by atoms with E-state index >= 15 is 0 Å². The van der Waals surface area contributed by atoms with Crippen LogP contribution >= 0.6 is 0 Å². The Morgan fingerprint density at radius 3 is 2.72 bits per heavy atom. The molecule has 0 aromatic carbocycles. The summed E-state index contributed by atoms with van der Waals surface area (Å²) in [6.07, 6.45) is 1.65. The number of nitriles is 1. The van der Waals surface area contributed by atoms with Gasteiger partial charge in [0.05, 0.1) is 19.3 Å². The summed E-state index contributed by atoms with van der Waals surface area (Å²) in [4.78, 5) is 8.60. The molecule has 2 aromatic rings. The van der Waals surface area contributed by atoms with Gasteiger partial charge < -0.3 is 9.15 Å². The zero-order valence-corrected chi connectivity index (χ0v) is 9.88. The highest BCUT2D eigenvalue weighted by molar-refractivity contribution is 5.52. The van der Waals surface area contributed by atoms with E-state index in [2.05, 4.69) is 16.0 Å². The van der Waals surface area contributed by atoms with Crippen LogP contribution in [0.4, 0.5) is 0 Å². The molecule has 3 heterocycles. The molecule has 0 bridgehead atoms.